The molecule has 1 aliphatic carbocycles. The van der Waals surface area contributed by atoms with Crippen LogP contribution in [0.4, 0.5) is 5.69 Å². The predicted molar refractivity (Wildman–Crippen MR) is 103 cm³/mol. The van der Waals surface area contributed by atoms with Crippen LogP contribution in [0.3, 0.4) is 0 Å². The van der Waals surface area contributed by atoms with Crippen molar-refractivity contribution in [3.8, 4) is 0 Å². The first kappa shape index (κ1) is 18.7. The molecule has 1 heterocycles. The quantitative estimate of drug-likeness (QED) is 0.775. The molecule has 6 nitrogen and oxygen atoms in total. The van der Waals surface area contributed by atoms with Gasteiger partial charge in [0.1, 0.15) is 0 Å². The molecule has 0 radical (unpaired) electrons. The van der Waals surface area contributed by atoms with E-state index >= 15 is 0 Å². The molecule has 0 bridgehead atoms. The summed E-state index contributed by atoms with van der Waals surface area (Å²) >= 11 is 0. The minimum Gasteiger partial charge on any atom is -0.369 e. The normalized spacial score (nSPS) is 18.7. The third kappa shape index (κ3) is 5.21. The molecule has 1 aromatic rings. The van der Waals surface area contributed by atoms with E-state index in [1.54, 1.807) is 0 Å². The van der Waals surface area contributed by atoms with Gasteiger partial charge in [0.05, 0.1) is 0 Å². The second kappa shape index (κ2) is 9.03. The predicted octanol–water partition coefficient (Wildman–Crippen LogP) is 1.16. The fraction of sp³-hybridized carbons (Fsp3) is 0.600. The summed E-state index contributed by atoms with van der Waals surface area (Å²) < 4.78 is 0. The number of hydrogen-bond donors (Lipinski definition) is 2. The summed E-state index contributed by atoms with van der Waals surface area (Å²) in [5.41, 5.74) is 2.42. The van der Waals surface area contributed by atoms with Crippen molar-refractivity contribution in [2.75, 3.05) is 44.7 Å². The minimum absolute atomic E-state index is 0.176. The molecule has 3 rings (SSSR count). The molecule has 1 saturated heterocycles. The summed E-state index contributed by atoms with van der Waals surface area (Å²) in [6.07, 6.45) is 4.97. The summed E-state index contributed by atoms with van der Waals surface area (Å²) in [6.45, 7) is 4.78. The van der Waals surface area contributed by atoms with Gasteiger partial charge in [-0.15, -0.1) is 0 Å². The third-order valence-electron chi connectivity index (χ3n) is 5.40. The minimum atomic E-state index is -0.522. The van der Waals surface area contributed by atoms with Gasteiger partial charge >= 0.3 is 11.8 Å². The van der Waals surface area contributed by atoms with E-state index in [2.05, 4.69) is 51.7 Å². The maximum absolute atomic E-state index is 11.9. The average molecular weight is 358 g/mol. The van der Waals surface area contributed by atoms with Crippen molar-refractivity contribution in [1.29, 1.82) is 0 Å². The van der Waals surface area contributed by atoms with Gasteiger partial charge in [-0.25, -0.2) is 0 Å². The van der Waals surface area contributed by atoms with Crippen LogP contribution in [0.25, 0.3) is 0 Å². The molecule has 6 heteroatoms. The third-order valence-corrected chi connectivity index (χ3v) is 5.40. The molecule has 2 amide bonds. The largest absolute Gasteiger partial charge is 0.369 e. The van der Waals surface area contributed by atoms with Crippen molar-refractivity contribution in [3.05, 3.63) is 29.8 Å². The van der Waals surface area contributed by atoms with Crippen molar-refractivity contribution in [1.82, 2.24) is 15.5 Å². The van der Waals surface area contributed by atoms with E-state index in [1.807, 2.05) is 0 Å². The summed E-state index contributed by atoms with van der Waals surface area (Å²) in [7, 11) is 2.16. The van der Waals surface area contributed by atoms with Crippen LogP contribution < -0.4 is 15.5 Å². The van der Waals surface area contributed by atoms with Crippen LogP contribution in [0.5, 0.6) is 0 Å². The van der Waals surface area contributed by atoms with E-state index in [0.29, 0.717) is 6.54 Å². The molecule has 0 aromatic heterocycles. The van der Waals surface area contributed by atoms with Crippen molar-refractivity contribution in [3.63, 3.8) is 0 Å². The molecule has 2 N–H and O–H groups in total. The fourth-order valence-electron chi connectivity index (χ4n) is 3.66. The van der Waals surface area contributed by atoms with Gasteiger partial charge in [0.25, 0.3) is 0 Å². The lowest BCUT2D eigenvalue weighted by molar-refractivity contribution is -0.139. The van der Waals surface area contributed by atoms with Crippen LogP contribution in [0.1, 0.15) is 31.2 Å². The molecule has 1 aromatic carbocycles. The summed E-state index contributed by atoms with van der Waals surface area (Å²) in [5, 5.41) is 5.54. The smallest absolute Gasteiger partial charge is 0.309 e. The number of carbonyl (C=O) groups is 2. The SMILES string of the molecule is CN1CCN(c2ccc(CCNC(=O)C(=O)NC3CCCC3)cc2)CC1. The topological polar surface area (TPSA) is 64.7 Å². The van der Waals surface area contributed by atoms with Crippen LogP contribution in [0.2, 0.25) is 0 Å². The van der Waals surface area contributed by atoms with E-state index in [9.17, 15) is 9.59 Å². The molecule has 2 aliphatic rings. The Labute approximate surface area is 155 Å². The molecule has 0 atom stereocenters. The van der Waals surface area contributed by atoms with Gasteiger partial charge < -0.3 is 20.4 Å². The molecule has 1 saturated carbocycles. The second-order valence-electron chi connectivity index (χ2n) is 7.42. The number of hydrogen-bond acceptors (Lipinski definition) is 4. The highest BCUT2D eigenvalue weighted by Crippen LogP contribution is 2.18. The Morgan fingerprint density at radius 3 is 2.31 bits per heavy atom. The fourth-order valence-corrected chi connectivity index (χ4v) is 3.66. The lowest BCUT2D eigenvalue weighted by Crippen LogP contribution is -2.44. The number of rotatable bonds is 5. The highest BCUT2D eigenvalue weighted by Gasteiger charge is 2.21. The molecular weight excluding hydrogens is 328 g/mol. The summed E-state index contributed by atoms with van der Waals surface area (Å²) in [4.78, 5) is 28.5. The van der Waals surface area contributed by atoms with E-state index in [-0.39, 0.29) is 6.04 Å². The maximum Gasteiger partial charge on any atom is 0.309 e. The highest BCUT2D eigenvalue weighted by atomic mass is 16.2. The molecule has 0 spiro atoms. The Balaban J connectivity index is 1.39. The van der Waals surface area contributed by atoms with Crippen LogP contribution in [-0.2, 0) is 16.0 Å². The van der Waals surface area contributed by atoms with Crippen molar-refractivity contribution in [2.45, 2.75) is 38.1 Å². The Morgan fingerprint density at radius 2 is 1.65 bits per heavy atom. The standard InChI is InChI=1S/C20H30N4O2/c1-23-12-14-24(15-13-23)18-8-6-16(7-9-18)10-11-21-19(25)20(26)22-17-4-2-3-5-17/h6-9,17H,2-5,10-15H2,1H3,(H,21,25)(H,22,26). The summed E-state index contributed by atoms with van der Waals surface area (Å²) in [6, 6.07) is 8.69. The number of piperazine rings is 1. The number of anilines is 1. The zero-order valence-electron chi connectivity index (χ0n) is 15.7. The van der Waals surface area contributed by atoms with E-state index in [1.165, 1.54) is 11.3 Å². The molecule has 2 fully saturated rings. The zero-order valence-corrected chi connectivity index (χ0v) is 15.7. The number of carbonyl (C=O) groups excluding carboxylic acids is 2. The van der Waals surface area contributed by atoms with Gasteiger partial charge in [-0.05, 0) is 44.0 Å². The number of amides is 2. The van der Waals surface area contributed by atoms with Crippen LogP contribution in [-0.4, -0.2) is 62.5 Å². The maximum atomic E-state index is 11.9. The van der Waals surface area contributed by atoms with E-state index in [0.717, 1.165) is 58.3 Å². The monoisotopic (exact) mass is 358 g/mol. The van der Waals surface area contributed by atoms with Gasteiger partial charge in [-0.3, -0.25) is 9.59 Å². The highest BCUT2D eigenvalue weighted by molar-refractivity contribution is 6.35. The van der Waals surface area contributed by atoms with Crippen LogP contribution >= 0.6 is 0 Å². The van der Waals surface area contributed by atoms with Crippen LogP contribution in [0.15, 0.2) is 24.3 Å². The van der Waals surface area contributed by atoms with Crippen molar-refractivity contribution >= 4 is 17.5 Å². The Bertz CT molecular complexity index is 603. The first-order valence-corrected chi connectivity index (χ1v) is 9.73. The first-order valence-electron chi connectivity index (χ1n) is 9.73. The average Bonchev–Trinajstić information content (AvgIpc) is 3.16. The Hall–Kier alpha value is -2.08. The molecular formula is C20H30N4O2. The first-order chi connectivity index (χ1) is 12.6. The lowest BCUT2D eigenvalue weighted by atomic mass is 10.1. The lowest BCUT2D eigenvalue weighted by Gasteiger charge is -2.34. The van der Waals surface area contributed by atoms with E-state index < -0.39 is 11.8 Å². The number of nitrogens with one attached hydrogen (secondary N) is 2. The number of nitrogens with zero attached hydrogens (tertiary/aromatic N) is 2. The second-order valence-corrected chi connectivity index (χ2v) is 7.42. The van der Waals surface area contributed by atoms with Crippen LogP contribution in [0, 0.1) is 0 Å². The number of benzene rings is 1. The van der Waals surface area contributed by atoms with Gasteiger partial charge in [0.2, 0.25) is 0 Å². The summed E-state index contributed by atoms with van der Waals surface area (Å²) in [5.74, 6) is -1.02. The molecule has 26 heavy (non-hydrogen) atoms. The number of likely N-dealkylation sites (N-methyl/N-ethyl adjacent to an activating group) is 1. The van der Waals surface area contributed by atoms with Crippen molar-refractivity contribution < 1.29 is 9.59 Å². The molecule has 142 valence electrons. The molecule has 0 unspecified atom stereocenters. The van der Waals surface area contributed by atoms with Gasteiger partial charge in [0, 0.05) is 44.5 Å². The Kier molecular flexibility index (Phi) is 6.50. The van der Waals surface area contributed by atoms with Gasteiger partial charge in [-0.1, -0.05) is 25.0 Å². The Morgan fingerprint density at radius 1 is 1.00 bits per heavy atom. The molecule has 1 aliphatic heterocycles. The van der Waals surface area contributed by atoms with Gasteiger partial charge in [0.15, 0.2) is 0 Å². The van der Waals surface area contributed by atoms with Gasteiger partial charge in [-0.2, -0.15) is 0 Å². The zero-order chi connectivity index (χ0) is 18.4. The van der Waals surface area contributed by atoms with E-state index in [4.69, 9.17) is 0 Å². The van der Waals surface area contributed by atoms with Crippen molar-refractivity contribution in [2.24, 2.45) is 0 Å².